The molecular formula is C14H24N2S. The largest absolute Gasteiger partial charge is 0.305 e. The zero-order chi connectivity index (χ0) is 12.4. The van der Waals surface area contributed by atoms with E-state index in [1.165, 1.54) is 29.1 Å². The topological polar surface area (TPSA) is 24.9 Å². The van der Waals surface area contributed by atoms with Crippen LogP contribution in [0, 0.1) is 18.8 Å². The Balaban J connectivity index is 1.92. The van der Waals surface area contributed by atoms with Gasteiger partial charge in [0.1, 0.15) is 5.01 Å². The van der Waals surface area contributed by atoms with E-state index < -0.39 is 0 Å². The van der Waals surface area contributed by atoms with Gasteiger partial charge >= 0.3 is 0 Å². The highest BCUT2D eigenvalue weighted by molar-refractivity contribution is 7.11. The molecule has 2 nitrogen and oxygen atoms in total. The van der Waals surface area contributed by atoms with Crippen molar-refractivity contribution in [3.8, 4) is 0 Å². The van der Waals surface area contributed by atoms with Crippen LogP contribution in [-0.4, -0.2) is 11.0 Å². The van der Waals surface area contributed by atoms with Crippen molar-refractivity contribution < 1.29 is 0 Å². The number of aryl methyl sites for hydroxylation is 1. The van der Waals surface area contributed by atoms with Crippen molar-refractivity contribution in [1.82, 2.24) is 10.3 Å². The first kappa shape index (κ1) is 13.0. The number of nitrogens with zero attached hydrogens (tertiary/aromatic N) is 1. The van der Waals surface area contributed by atoms with Crippen molar-refractivity contribution in [3.05, 3.63) is 16.1 Å². The Hall–Kier alpha value is -0.410. The molecule has 1 saturated carbocycles. The average molecular weight is 252 g/mol. The summed E-state index contributed by atoms with van der Waals surface area (Å²) in [5.41, 5.74) is 0. The fourth-order valence-corrected chi connectivity index (χ4v) is 3.66. The second-order valence-electron chi connectivity index (χ2n) is 5.70. The van der Waals surface area contributed by atoms with Crippen LogP contribution in [0.3, 0.4) is 0 Å². The summed E-state index contributed by atoms with van der Waals surface area (Å²) in [6.07, 6.45) is 6.02. The molecule has 0 spiro atoms. The maximum Gasteiger partial charge on any atom is 0.109 e. The van der Waals surface area contributed by atoms with Crippen LogP contribution in [-0.2, 0) is 0 Å². The lowest BCUT2D eigenvalue weighted by atomic mass is 9.79. The third-order valence-electron chi connectivity index (χ3n) is 3.91. The van der Waals surface area contributed by atoms with Gasteiger partial charge in [0.2, 0.25) is 0 Å². The summed E-state index contributed by atoms with van der Waals surface area (Å²) >= 11 is 1.81. The minimum Gasteiger partial charge on any atom is -0.305 e. The molecule has 0 radical (unpaired) electrons. The van der Waals surface area contributed by atoms with Gasteiger partial charge in [-0.2, -0.15) is 0 Å². The van der Waals surface area contributed by atoms with Crippen LogP contribution >= 0.6 is 11.3 Å². The van der Waals surface area contributed by atoms with E-state index in [4.69, 9.17) is 0 Å². The van der Waals surface area contributed by atoms with Gasteiger partial charge in [-0.3, -0.25) is 0 Å². The molecule has 1 aromatic rings. The van der Waals surface area contributed by atoms with E-state index in [0.29, 0.717) is 12.1 Å². The first-order valence-electron chi connectivity index (χ1n) is 6.74. The summed E-state index contributed by atoms with van der Waals surface area (Å²) < 4.78 is 0. The first-order chi connectivity index (χ1) is 8.06. The summed E-state index contributed by atoms with van der Waals surface area (Å²) in [5.74, 6) is 1.70. The first-order valence-corrected chi connectivity index (χ1v) is 7.56. The Morgan fingerprint density at radius 1 is 1.41 bits per heavy atom. The molecule has 1 aliphatic rings. The van der Waals surface area contributed by atoms with E-state index >= 15 is 0 Å². The minimum atomic E-state index is 0.398. The van der Waals surface area contributed by atoms with Gasteiger partial charge in [0, 0.05) is 17.1 Å². The molecular weight excluding hydrogens is 228 g/mol. The van der Waals surface area contributed by atoms with Gasteiger partial charge in [-0.1, -0.05) is 13.8 Å². The second kappa shape index (κ2) is 5.49. The van der Waals surface area contributed by atoms with Crippen LogP contribution in [0.15, 0.2) is 6.20 Å². The van der Waals surface area contributed by atoms with Crippen LogP contribution in [0.2, 0.25) is 0 Å². The quantitative estimate of drug-likeness (QED) is 0.881. The lowest BCUT2D eigenvalue weighted by molar-refractivity contribution is 0.216. The average Bonchev–Trinajstić information content (AvgIpc) is 2.69. The lowest BCUT2D eigenvalue weighted by Crippen LogP contribution is -2.40. The molecule has 17 heavy (non-hydrogen) atoms. The van der Waals surface area contributed by atoms with Gasteiger partial charge in [-0.05, 0) is 44.9 Å². The van der Waals surface area contributed by atoms with Crippen LogP contribution in [0.5, 0.6) is 0 Å². The minimum absolute atomic E-state index is 0.398. The summed E-state index contributed by atoms with van der Waals surface area (Å²) in [7, 11) is 0. The van der Waals surface area contributed by atoms with E-state index in [1.807, 2.05) is 17.5 Å². The SMILES string of the molecule is Cc1cnc(C(C)NC2CCC(C)CC2C)s1. The van der Waals surface area contributed by atoms with Crippen molar-refractivity contribution in [1.29, 1.82) is 0 Å². The highest BCUT2D eigenvalue weighted by Crippen LogP contribution is 2.30. The van der Waals surface area contributed by atoms with Crippen molar-refractivity contribution in [2.24, 2.45) is 11.8 Å². The van der Waals surface area contributed by atoms with Crippen LogP contribution in [0.1, 0.15) is 56.0 Å². The molecule has 0 aliphatic heterocycles. The molecule has 4 atom stereocenters. The van der Waals surface area contributed by atoms with Gasteiger partial charge in [0.15, 0.2) is 0 Å². The van der Waals surface area contributed by atoms with E-state index in [2.05, 4.69) is 38.0 Å². The Bertz CT molecular complexity index is 361. The van der Waals surface area contributed by atoms with E-state index in [9.17, 15) is 0 Å². The van der Waals surface area contributed by atoms with Crippen molar-refractivity contribution in [2.75, 3.05) is 0 Å². The van der Waals surface area contributed by atoms with Crippen LogP contribution in [0.4, 0.5) is 0 Å². The standard InChI is InChI=1S/C14H24N2S/c1-9-5-6-13(10(2)7-9)16-12(4)14-15-8-11(3)17-14/h8-10,12-13,16H,5-7H2,1-4H3. The summed E-state index contributed by atoms with van der Waals surface area (Å²) in [4.78, 5) is 5.78. The summed E-state index contributed by atoms with van der Waals surface area (Å²) in [6.45, 7) is 9.12. The fraction of sp³-hybridized carbons (Fsp3) is 0.786. The zero-order valence-corrected chi connectivity index (χ0v) is 12.2. The number of nitrogens with one attached hydrogen (secondary N) is 1. The van der Waals surface area contributed by atoms with Crippen LogP contribution in [0.25, 0.3) is 0 Å². The molecule has 1 heterocycles. The Labute approximate surface area is 109 Å². The number of hydrogen-bond donors (Lipinski definition) is 1. The van der Waals surface area contributed by atoms with Crippen molar-refractivity contribution in [2.45, 2.75) is 59.0 Å². The van der Waals surface area contributed by atoms with Crippen molar-refractivity contribution >= 4 is 11.3 Å². The molecule has 0 aromatic carbocycles. The number of hydrogen-bond acceptors (Lipinski definition) is 3. The second-order valence-corrected chi connectivity index (χ2v) is 6.97. The molecule has 3 heteroatoms. The highest BCUT2D eigenvalue weighted by Gasteiger charge is 2.26. The maximum atomic E-state index is 4.48. The molecule has 1 aromatic heterocycles. The Morgan fingerprint density at radius 3 is 2.76 bits per heavy atom. The molecule has 96 valence electrons. The van der Waals surface area contributed by atoms with Crippen LogP contribution < -0.4 is 5.32 Å². The fourth-order valence-electron chi connectivity index (χ4n) is 2.88. The third kappa shape index (κ3) is 3.29. The third-order valence-corrected chi connectivity index (χ3v) is 5.00. The van der Waals surface area contributed by atoms with E-state index in [1.54, 1.807) is 0 Å². The molecule has 2 rings (SSSR count). The molecule has 0 saturated heterocycles. The Morgan fingerprint density at radius 2 is 2.18 bits per heavy atom. The van der Waals surface area contributed by atoms with E-state index in [0.717, 1.165) is 11.8 Å². The number of rotatable bonds is 3. The monoisotopic (exact) mass is 252 g/mol. The zero-order valence-electron chi connectivity index (χ0n) is 11.4. The molecule has 4 unspecified atom stereocenters. The summed E-state index contributed by atoms with van der Waals surface area (Å²) in [5, 5.41) is 5.00. The van der Waals surface area contributed by atoms with Crippen molar-refractivity contribution in [3.63, 3.8) is 0 Å². The lowest BCUT2D eigenvalue weighted by Gasteiger charge is -2.34. The molecule has 1 fully saturated rings. The molecule has 1 N–H and O–H groups in total. The van der Waals surface area contributed by atoms with Gasteiger partial charge < -0.3 is 5.32 Å². The highest BCUT2D eigenvalue weighted by atomic mass is 32.1. The van der Waals surface area contributed by atoms with Gasteiger partial charge in [0.05, 0.1) is 6.04 Å². The smallest absolute Gasteiger partial charge is 0.109 e. The summed E-state index contributed by atoms with van der Waals surface area (Å²) in [6, 6.07) is 1.07. The van der Waals surface area contributed by atoms with Gasteiger partial charge in [-0.25, -0.2) is 4.98 Å². The number of thiazole rings is 1. The molecule has 0 amide bonds. The normalized spacial score (nSPS) is 31.4. The maximum absolute atomic E-state index is 4.48. The molecule has 1 aliphatic carbocycles. The van der Waals surface area contributed by atoms with Gasteiger partial charge in [-0.15, -0.1) is 11.3 Å². The predicted molar refractivity (Wildman–Crippen MR) is 74.4 cm³/mol. The Kier molecular flexibility index (Phi) is 4.21. The predicted octanol–water partition coefficient (Wildman–Crippen LogP) is 3.93. The molecule has 0 bridgehead atoms. The number of aromatic nitrogens is 1. The van der Waals surface area contributed by atoms with E-state index in [-0.39, 0.29) is 0 Å². The van der Waals surface area contributed by atoms with Gasteiger partial charge in [0.25, 0.3) is 0 Å².